The Morgan fingerprint density at radius 1 is 1.30 bits per heavy atom. The molecule has 0 unspecified atom stereocenters. The summed E-state index contributed by atoms with van der Waals surface area (Å²) in [4.78, 5) is 26.7. The van der Waals surface area contributed by atoms with Crippen LogP contribution in [-0.2, 0) is 22.6 Å². The van der Waals surface area contributed by atoms with Gasteiger partial charge in [-0.15, -0.1) is 0 Å². The van der Waals surface area contributed by atoms with E-state index < -0.39 is 17.5 Å². The maximum Gasteiger partial charge on any atom is 0.345 e. The first-order valence-electron chi connectivity index (χ1n) is 10.1. The predicted octanol–water partition coefficient (Wildman–Crippen LogP) is 1.81. The minimum atomic E-state index is -0.676. The largest absolute Gasteiger partial charge is 0.383 e. The van der Waals surface area contributed by atoms with E-state index in [0.717, 1.165) is 36.9 Å². The molecule has 0 atom stereocenters. The van der Waals surface area contributed by atoms with E-state index in [1.54, 1.807) is 11.7 Å². The van der Waals surface area contributed by atoms with E-state index in [-0.39, 0.29) is 23.8 Å². The molecule has 1 N–H and O–H groups in total. The Hall–Kier alpha value is -2.59. The third-order valence-electron chi connectivity index (χ3n) is 5.30. The Morgan fingerprint density at radius 2 is 2.03 bits per heavy atom. The van der Waals surface area contributed by atoms with E-state index in [2.05, 4.69) is 10.4 Å². The second kappa shape index (κ2) is 9.94. The van der Waals surface area contributed by atoms with Gasteiger partial charge < -0.3 is 10.1 Å². The molecule has 1 aromatic heterocycles. The molecule has 2 aromatic rings. The van der Waals surface area contributed by atoms with Crippen LogP contribution in [0.5, 0.6) is 0 Å². The molecule has 2 heterocycles. The molecule has 10 heteroatoms. The Kier molecular flexibility index (Phi) is 7.33. The molecule has 0 saturated carbocycles. The number of halogens is 2. The maximum atomic E-state index is 13.7. The molecule has 3 rings (SSSR count). The molecule has 0 spiro atoms. The molecular weight excluding hydrogens is 396 g/mol. The normalized spacial score (nSPS) is 15.5. The number of likely N-dealkylation sites (tertiary alicyclic amines) is 1. The smallest absolute Gasteiger partial charge is 0.345 e. The number of carbonyl (C=O) groups is 1. The van der Waals surface area contributed by atoms with Gasteiger partial charge in [0.25, 0.3) is 0 Å². The van der Waals surface area contributed by atoms with Crippen molar-refractivity contribution in [1.29, 1.82) is 0 Å². The predicted molar refractivity (Wildman–Crippen MR) is 107 cm³/mol. The lowest BCUT2D eigenvalue weighted by molar-refractivity contribution is -0.117. The summed E-state index contributed by atoms with van der Waals surface area (Å²) < 4.78 is 35.1. The molecule has 164 valence electrons. The highest BCUT2D eigenvalue weighted by Crippen LogP contribution is 2.26. The summed E-state index contributed by atoms with van der Waals surface area (Å²) in [6.45, 7) is 4.66. The van der Waals surface area contributed by atoms with Crippen molar-refractivity contribution in [2.45, 2.75) is 38.8 Å². The minimum absolute atomic E-state index is 0.0888. The highest BCUT2D eigenvalue weighted by molar-refractivity contribution is 5.92. The Bertz CT molecular complexity index is 935. The quantitative estimate of drug-likeness (QED) is 0.700. The van der Waals surface area contributed by atoms with Crippen molar-refractivity contribution in [1.82, 2.24) is 19.2 Å². The minimum Gasteiger partial charge on any atom is -0.383 e. The molecule has 1 aliphatic heterocycles. The number of aromatic nitrogens is 3. The molecule has 1 aromatic carbocycles. The molecular formula is C20H27F2N5O3. The molecule has 0 radical (unpaired) electrons. The average molecular weight is 423 g/mol. The number of nitrogens with zero attached hydrogens (tertiary/aromatic N) is 4. The molecule has 0 bridgehead atoms. The van der Waals surface area contributed by atoms with Crippen LogP contribution in [0, 0.1) is 11.6 Å². The van der Waals surface area contributed by atoms with Gasteiger partial charge in [-0.1, -0.05) is 0 Å². The number of nitrogens with one attached hydrogen (secondary N) is 1. The Labute approximate surface area is 173 Å². The van der Waals surface area contributed by atoms with Gasteiger partial charge in [-0.3, -0.25) is 14.3 Å². The third kappa shape index (κ3) is 5.11. The summed E-state index contributed by atoms with van der Waals surface area (Å²) in [6.07, 6.45) is 1.50. The van der Waals surface area contributed by atoms with Crippen LogP contribution in [-0.4, -0.2) is 58.5 Å². The molecule has 0 aliphatic carbocycles. The highest BCUT2D eigenvalue weighted by atomic mass is 19.1. The number of hydrogen-bond donors (Lipinski definition) is 1. The third-order valence-corrected chi connectivity index (χ3v) is 5.30. The molecule has 1 fully saturated rings. The van der Waals surface area contributed by atoms with Gasteiger partial charge in [0.05, 0.1) is 25.4 Å². The van der Waals surface area contributed by atoms with Gasteiger partial charge in [-0.25, -0.2) is 18.3 Å². The SMILES string of the molecule is CCn1c(C2CCN(CC(=O)Nc3cc(F)ccc3F)CC2)nn(CCOC)c1=O. The summed E-state index contributed by atoms with van der Waals surface area (Å²) in [5.74, 6) is -0.789. The number of hydrogen-bond acceptors (Lipinski definition) is 5. The standard InChI is InChI=1S/C20H27F2N5O3/c1-3-26-19(24-27(20(26)29)10-11-30-2)14-6-8-25(9-7-14)13-18(28)23-17-12-15(21)4-5-16(17)22/h4-5,12,14H,3,6-11,13H2,1-2H3,(H,23,28). The van der Waals surface area contributed by atoms with Crippen molar-refractivity contribution in [2.75, 3.05) is 38.7 Å². The summed E-state index contributed by atoms with van der Waals surface area (Å²) in [5.41, 5.74) is -0.299. The lowest BCUT2D eigenvalue weighted by Crippen LogP contribution is -2.39. The molecule has 1 aliphatic rings. The fourth-order valence-electron chi connectivity index (χ4n) is 3.72. The topological polar surface area (TPSA) is 81.4 Å². The van der Waals surface area contributed by atoms with Gasteiger partial charge >= 0.3 is 5.69 Å². The Balaban J connectivity index is 1.58. The number of rotatable bonds is 8. The van der Waals surface area contributed by atoms with Crippen LogP contribution < -0.4 is 11.0 Å². The van der Waals surface area contributed by atoms with Crippen LogP contribution >= 0.6 is 0 Å². The maximum absolute atomic E-state index is 13.7. The van der Waals surface area contributed by atoms with Crippen LogP contribution in [0.4, 0.5) is 14.5 Å². The van der Waals surface area contributed by atoms with Crippen LogP contribution in [0.2, 0.25) is 0 Å². The van der Waals surface area contributed by atoms with Gasteiger partial charge in [0.1, 0.15) is 17.5 Å². The lowest BCUT2D eigenvalue weighted by atomic mass is 9.96. The Morgan fingerprint density at radius 3 is 2.70 bits per heavy atom. The van der Waals surface area contributed by atoms with E-state index >= 15 is 0 Å². The second-order valence-corrected chi connectivity index (χ2v) is 7.32. The van der Waals surface area contributed by atoms with E-state index in [9.17, 15) is 18.4 Å². The summed E-state index contributed by atoms with van der Waals surface area (Å²) in [6, 6.07) is 2.95. The number of amides is 1. The number of anilines is 1. The molecule has 30 heavy (non-hydrogen) atoms. The van der Waals surface area contributed by atoms with Crippen LogP contribution in [0.15, 0.2) is 23.0 Å². The summed E-state index contributed by atoms with van der Waals surface area (Å²) in [7, 11) is 1.58. The number of carbonyl (C=O) groups excluding carboxylic acids is 1. The van der Waals surface area contributed by atoms with Crippen LogP contribution in [0.1, 0.15) is 31.5 Å². The zero-order valence-corrected chi connectivity index (χ0v) is 17.2. The first-order chi connectivity index (χ1) is 14.4. The van der Waals surface area contributed by atoms with Gasteiger partial charge in [0.2, 0.25) is 5.91 Å². The van der Waals surface area contributed by atoms with Gasteiger partial charge in [-0.2, -0.15) is 5.10 Å². The van der Waals surface area contributed by atoms with Crippen molar-refractivity contribution in [3.05, 3.63) is 46.1 Å². The van der Waals surface area contributed by atoms with Crippen LogP contribution in [0.25, 0.3) is 0 Å². The van der Waals surface area contributed by atoms with Crippen molar-refractivity contribution in [2.24, 2.45) is 0 Å². The van der Waals surface area contributed by atoms with Crippen LogP contribution in [0.3, 0.4) is 0 Å². The fourth-order valence-corrected chi connectivity index (χ4v) is 3.72. The number of piperidine rings is 1. The zero-order chi connectivity index (χ0) is 21.7. The first kappa shape index (κ1) is 22.1. The average Bonchev–Trinajstić information content (AvgIpc) is 3.05. The monoisotopic (exact) mass is 423 g/mol. The van der Waals surface area contributed by atoms with Crippen molar-refractivity contribution in [3.63, 3.8) is 0 Å². The summed E-state index contributed by atoms with van der Waals surface area (Å²) >= 11 is 0. The second-order valence-electron chi connectivity index (χ2n) is 7.32. The molecule has 1 saturated heterocycles. The van der Waals surface area contributed by atoms with Gasteiger partial charge in [0, 0.05) is 25.6 Å². The fraction of sp³-hybridized carbons (Fsp3) is 0.550. The van der Waals surface area contributed by atoms with E-state index in [4.69, 9.17) is 4.74 Å². The van der Waals surface area contributed by atoms with Gasteiger partial charge in [0.15, 0.2) is 0 Å². The highest BCUT2D eigenvalue weighted by Gasteiger charge is 2.27. The van der Waals surface area contributed by atoms with Gasteiger partial charge in [-0.05, 0) is 45.0 Å². The zero-order valence-electron chi connectivity index (χ0n) is 17.2. The van der Waals surface area contributed by atoms with E-state index in [0.29, 0.717) is 32.8 Å². The van der Waals surface area contributed by atoms with E-state index in [1.807, 2.05) is 11.8 Å². The first-order valence-corrected chi connectivity index (χ1v) is 10.1. The number of benzene rings is 1. The van der Waals surface area contributed by atoms with E-state index in [1.165, 1.54) is 4.68 Å². The van der Waals surface area contributed by atoms with Crippen molar-refractivity contribution in [3.8, 4) is 0 Å². The lowest BCUT2D eigenvalue weighted by Gasteiger charge is -2.30. The van der Waals surface area contributed by atoms with Crippen molar-refractivity contribution < 1.29 is 18.3 Å². The number of methoxy groups -OCH3 is 1. The van der Waals surface area contributed by atoms with Crippen molar-refractivity contribution >= 4 is 11.6 Å². The number of ether oxygens (including phenoxy) is 1. The summed E-state index contributed by atoms with van der Waals surface area (Å²) in [5, 5.41) is 6.93. The molecule has 8 nitrogen and oxygen atoms in total. The molecule has 1 amide bonds.